The van der Waals surface area contributed by atoms with E-state index in [0.717, 1.165) is 6.29 Å². The fourth-order valence-corrected chi connectivity index (χ4v) is 4.29. The van der Waals surface area contributed by atoms with Crippen LogP contribution in [0.4, 0.5) is 0 Å². The van der Waals surface area contributed by atoms with E-state index in [0.29, 0.717) is 6.42 Å². The number of Topliss-reactive ketones (excluding diaryl/α,β-unsaturated/α-hetero) is 2. The second-order valence-corrected chi connectivity index (χ2v) is 12.5. The molecule has 0 aromatic carbocycles. The fraction of sp³-hybridized carbons (Fsp3) is 0.880. The van der Waals surface area contributed by atoms with Gasteiger partial charge in [0, 0.05) is 10.8 Å². The standard InChI is InChI=1S/C25H46O5/c1-17(18(27)20(2,3)4)29-25(13,14)24(11,12)19(28)21(5,6)15-22(7,8)30-23(9,10)16-26/h16-17H,15H2,1-14H3. The van der Waals surface area contributed by atoms with E-state index < -0.39 is 39.2 Å². The summed E-state index contributed by atoms with van der Waals surface area (Å²) in [5.41, 5.74) is -4.59. The van der Waals surface area contributed by atoms with Gasteiger partial charge in [0.05, 0.1) is 16.6 Å². The van der Waals surface area contributed by atoms with Crippen LogP contribution in [-0.2, 0) is 23.9 Å². The molecule has 5 heteroatoms. The van der Waals surface area contributed by atoms with E-state index in [9.17, 15) is 14.4 Å². The van der Waals surface area contributed by atoms with Crippen molar-refractivity contribution >= 4 is 17.9 Å². The molecule has 0 bridgehead atoms. The first kappa shape index (κ1) is 28.9. The number of hydrogen-bond donors (Lipinski definition) is 0. The molecular formula is C25H46O5. The highest BCUT2D eigenvalue weighted by Gasteiger charge is 2.52. The van der Waals surface area contributed by atoms with Crippen LogP contribution in [0.15, 0.2) is 0 Å². The number of aldehydes is 1. The van der Waals surface area contributed by atoms with E-state index in [1.165, 1.54) is 0 Å². The van der Waals surface area contributed by atoms with Crippen molar-refractivity contribution in [1.82, 2.24) is 0 Å². The van der Waals surface area contributed by atoms with Crippen LogP contribution < -0.4 is 0 Å². The molecule has 0 amide bonds. The zero-order chi connectivity index (χ0) is 24.6. The molecule has 0 aromatic heterocycles. The number of carbonyl (C=O) groups is 3. The van der Waals surface area contributed by atoms with Gasteiger partial charge in [-0.2, -0.15) is 0 Å². The summed E-state index contributed by atoms with van der Waals surface area (Å²) in [4.78, 5) is 37.6. The predicted octanol–water partition coefficient (Wildman–Crippen LogP) is 5.57. The van der Waals surface area contributed by atoms with Gasteiger partial charge in [0.1, 0.15) is 17.5 Å². The van der Waals surface area contributed by atoms with Gasteiger partial charge >= 0.3 is 0 Å². The molecule has 0 saturated carbocycles. The predicted molar refractivity (Wildman–Crippen MR) is 122 cm³/mol. The first-order valence-electron chi connectivity index (χ1n) is 10.9. The lowest BCUT2D eigenvalue weighted by molar-refractivity contribution is -0.179. The van der Waals surface area contributed by atoms with Crippen LogP contribution in [-0.4, -0.2) is 40.8 Å². The number of hydrogen-bond acceptors (Lipinski definition) is 5. The number of rotatable bonds is 11. The zero-order valence-corrected chi connectivity index (χ0v) is 21.9. The molecule has 0 heterocycles. The lowest BCUT2D eigenvalue weighted by Crippen LogP contribution is -2.55. The third-order valence-corrected chi connectivity index (χ3v) is 5.96. The Morgan fingerprint density at radius 2 is 1.27 bits per heavy atom. The van der Waals surface area contributed by atoms with E-state index in [1.54, 1.807) is 20.8 Å². The molecule has 1 unspecified atom stereocenters. The van der Waals surface area contributed by atoms with Crippen molar-refractivity contribution < 1.29 is 23.9 Å². The zero-order valence-electron chi connectivity index (χ0n) is 21.9. The SMILES string of the molecule is CC(OC(C)(C)C(C)(C)C(=O)C(C)(C)CC(C)(C)OC(C)(C)C=O)C(=O)C(C)(C)C. The third kappa shape index (κ3) is 7.26. The molecule has 0 aliphatic carbocycles. The lowest BCUT2D eigenvalue weighted by atomic mass is 9.63. The third-order valence-electron chi connectivity index (χ3n) is 5.96. The Kier molecular flexibility index (Phi) is 8.50. The van der Waals surface area contributed by atoms with Crippen LogP contribution in [0.5, 0.6) is 0 Å². The highest BCUT2D eigenvalue weighted by atomic mass is 16.5. The van der Waals surface area contributed by atoms with Gasteiger partial charge in [0.15, 0.2) is 12.1 Å². The summed E-state index contributed by atoms with van der Waals surface area (Å²) < 4.78 is 12.2. The Labute approximate surface area is 184 Å². The Morgan fingerprint density at radius 1 is 0.833 bits per heavy atom. The highest BCUT2D eigenvalue weighted by molar-refractivity contribution is 5.90. The maximum absolute atomic E-state index is 13.7. The molecule has 0 aromatic rings. The van der Waals surface area contributed by atoms with E-state index in [2.05, 4.69) is 0 Å². The molecule has 0 aliphatic rings. The van der Waals surface area contributed by atoms with Crippen LogP contribution in [0.25, 0.3) is 0 Å². The quantitative estimate of drug-likeness (QED) is 0.404. The normalized spacial score (nSPS) is 15.7. The van der Waals surface area contributed by atoms with Gasteiger partial charge in [-0.1, -0.05) is 48.5 Å². The summed E-state index contributed by atoms with van der Waals surface area (Å²) in [5.74, 6) is 0.0275. The fourth-order valence-electron chi connectivity index (χ4n) is 4.29. The second kappa shape index (κ2) is 8.82. The Bertz CT molecular complexity index is 645. The molecule has 0 rings (SSSR count). The molecule has 0 N–H and O–H groups in total. The highest BCUT2D eigenvalue weighted by Crippen LogP contribution is 2.44. The van der Waals surface area contributed by atoms with Crippen molar-refractivity contribution in [3.8, 4) is 0 Å². The van der Waals surface area contributed by atoms with Crippen molar-refractivity contribution in [3.05, 3.63) is 0 Å². The van der Waals surface area contributed by atoms with E-state index in [-0.39, 0.29) is 11.6 Å². The first-order chi connectivity index (χ1) is 12.9. The van der Waals surface area contributed by atoms with Crippen LogP contribution in [0.2, 0.25) is 0 Å². The molecule has 0 fully saturated rings. The van der Waals surface area contributed by atoms with Gasteiger partial charge in [-0.3, -0.25) is 9.59 Å². The van der Waals surface area contributed by atoms with Crippen LogP contribution in [0.1, 0.15) is 103 Å². The number of carbonyl (C=O) groups excluding carboxylic acids is 3. The Hall–Kier alpha value is -1.07. The molecule has 0 saturated heterocycles. The van der Waals surface area contributed by atoms with Gasteiger partial charge < -0.3 is 14.3 Å². The Balaban J connectivity index is 5.68. The average molecular weight is 427 g/mol. The van der Waals surface area contributed by atoms with Crippen molar-refractivity contribution in [1.29, 1.82) is 0 Å². The van der Waals surface area contributed by atoms with Crippen molar-refractivity contribution in [2.24, 2.45) is 16.2 Å². The van der Waals surface area contributed by atoms with Gasteiger partial charge in [-0.05, 0) is 54.9 Å². The monoisotopic (exact) mass is 426 g/mol. The average Bonchev–Trinajstić information content (AvgIpc) is 2.49. The largest absolute Gasteiger partial charge is 0.364 e. The van der Waals surface area contributed by atoms with Crippen LogP contribution >= 0.6 is 0 Å². The number of ether oxygens (including phenoxy) is 2. The number of ketones is 2. The summed E-state index contributed by atoms with van der Waals surface area (Å²) in [7, 11) is 0. The van der Waals surface area contributed by atoms with Gasteiger partial charge in [-0.25, -0.2) is 0 Å². The summed E-state index contributed by atoms with van der Waals surface area (Å²) in [6.07, 6.45) is 0.591. The first-order valence-corrected chi connectivity index (χ1v) is 10.9. The molecule has 0 radical (unpaired) electrons. The minimum absolute atomic E-state index is 0.00344. The maximum atomic E-state index is 13.7. The summed E-state index contributed by atoms with van der Waals surface area (Å²) in [6.45, 7) is 25.8. The van der Waals surface area contributed by atoms with Gasteiger partial charge in [0.25, 0.3) is 0 Å². The van der Waals surface area contributed by atoms with Crippen molar-refractivity contribution in [2.75, 3.05) is 0 Å². The van der Waals surface area contributed by atoms with Crippen molar-refractivity contribution in [3.63, 3.8) is 0 Å². The minimum atomic E-state index is -0.927. The summed E-state index contributed by atoms with van der Waals surface area (Å²) in [5, 5.41) is 0. The topological polar surface area (TPSA) is 69.7 Å². The minimum Gasteiger partial charge on any atom is -0.364 e. The second-order valence-electron chi connectivity index (χ2n) is 12.5. The summed E-state index contributed by atoms with van der Waals surface area (Å²) in [6, 6.07) is 0. The summed E-state index contributed by atoms with van der Waals surface area (Å²) >= 11 is 0. The molecule has 5 nitrogen and oxygen atoms in total. The molecule has 0 spiro atoms. The smallest absolute Gasteiger partial charge is 0.166 e. The van der Waals surface area contributed by atoms with E-state index >= 15 is 0 Å². The molecular weight excluding hydrogens is 380 g/mol. The van der Waals surface area contributed by atoms with Gasteiger partial charge in [-0.15, -0.1) is 0 Å². The molecule has 1 atom stereocenters. The molecule has 0 aliphatic heterocycles. The van der Waals surface area contributed by atoms with E-state index in [4.69, 9.17) is 9.47 Å². The van der Waals surface area contributed by atoms with Gasteiger partial charge in [0.2, 0.25) is 0 Å². The molecule has 176 valence electrons. The van der Waals surface area contributed by atoms with Crippen molar-refractivity contribution in [2.45, 2.75) is 126 Å². The molecule has 30 heavy (non-hydrogen) atoms. The lowest BCUT2D eigenvalue weighted by Gasteiger charge is -2.47. The maximum Gasteiger partial charge on any atom is 0.166 e. The Morgan fingerprint density at radius 3 is 1.63 bits per heavy atom. The van der Waals surface area contributed by atoms with Crippen LogP contribution in [0.3, 0.4) is 0 Å². The van der Waals surface area contributed by atoms with Crippen LogP contribution in [0, 0.1) is 16.2 Å². The van der Waals surface area contributed by atoms with E-state index in [1.807, 2.05) is 76.2 Å².